The average molecular weight is 301 g/mol. The van der Waals surface area contributed by atoms with Gasteiger partial charge in [0.05, 0.1) is 11.4 Å². The summed E-state index contributed by atoms with van der Waals surface area (Å²) in [5.41, 5.74) is 1.36. The second kappa shape index (κ2) is 6.08. The number of sulfone groups is 1. The summed E-state index contributed by atoms with van der Waals surface area (Å²) in [6.07, 6.45) is 3.69. The summed E-state index contributed by atoms with van der Waals surface area (Å²) in [6, 6.07) is 0. The monoisotopic (exact) mass is 301 g/mol. The van der Waals surface area contributed by atoms with E-state index in [1.54, 1.807) is 30.6 Å². The van der Waals surface area contributed by atoms with Gasteiger partial charge in [-0.05, 0) is 13.0 Å². The molecule has 0 amide bonds. The van der Waals surface area contributed by atoms with Crippen molar-refractivity contribution in [2.24, 2.45) is 7.05 Å². The van der Waals surface area contributed by atoms with Crippen molar-refractivity contribution in [1.29, 1.82) is 0 Å². The smallest absolute Gasteiger partial charge is 0.328 e. The van der Waals surface area contributed by atoms with Gasteiger partial charge in [-0.25, -0.2) is 13.2 Å². The van der Waals surface area contributed by atoms with E-state index < -0.39 is 15.8 Å². The lowest BCUT2D eigenvalue weighted by Gasteiger charge is -2.19. The number of carboxylic acid groups (broad SMARTS) is 1. The Labute approximate surface area is 118 Å². The standard InChI is InChI=1S/C12H19N3O4S/c1-9-10(5-6-11(16)17)12(15(3)13-9)14(2)7-8-20(4,18)19/h5-6H,7-8H2,1-4H3,(H,16,17). The van der Waals surface area contributed by atoms with Gasteiger partial charge >= 0.3 is 5.97 Å². The second-order valence-electron chi connectivity index (χ2n) is 4.67. The first-order chi connectivity index (χ1) is 9.11. The number of carboxylic acids is 1. The Balaban J connectivity index is 3.07. The number of carbonyl (C=O) groups is 1. The highest BCUT2D eigenvalue weighted by atomic mass is 32.2. The molecule has 0 saturated heterocycles. The molecule has 0 unspecified atom stereocenters. The molecule has 0 aliphatic rings. The maximum atomic E-state index is 11.2. The molecule has 1 N–H and O–H groups in total. The number of nitrogens with zero attached hydrogens (tertiary/aromatic N) is 3. The number of anilines is 1. The number of aromatic nitrogens is 2. The van der Waals surface area contributed by atoms with E-state index in [1.807, 2.05) is 0 Å². The topological polar surface area (TPSA) is 92.5 Å². The first-order valence-corrected chi connectivity index (χ1v) is 8.01. The number of rotatable bonds is 6. The van der Waals surface area contributed by atoms with Gasteiger partial charge in [-0.1, -0.05) is 0 Å². The summed E-state index contributed by atoms with van der Waals surface area (Å²) in [7, 11) is 0.428. The highest BCUT2D eigenvalue weighted by Gasteiger charge is 2.16. The number of aryl methyl sites for hydroxylation is 2. The summed E-state index contributed by atoms with van der Waals surface area (Å²) < 4.78 is 24.0. The number of hydrogen-bond acceptors (Lipinski definition) is 5. The Bertz CT molecular complexity index is 631. The molecule has 0 spiro atoms. The minimum Gasteiger partial charge on any atom is -0.478 e. The molecule has 1 heterocycles. The zero-order valence-corrected chi connectivity index (χ0v) is 12.8. The molecular formula is C12H19N3O4S. The fourth-order valence-electron chi connectivity index (χ4n) is 1.87. The predicted molar refractivity (Wildman–Crippen MR) is 77.6 cm³/mol. The van der Waals surface area contributed by atoms with Crippen LogP contribution >= 0.6 is 0 Å². The van der Waals surface area contributed by atoms with E-state index >= 15 is 0 Å². The van der Waals surface area contributed by atoms with Crippen molar-refractivity contribution in [2.45, 2.75) is 6.92 Å². The lowest BCUT2D eigenvalue weighted by atomic mass is 10.2. The van der Waals surface area contributed by atoms with Crippen LogP contribution in [0, 0.1) is 6.92 Å². The molecule has 0 atom stereocenters. The van der Waals surface area contributed by atoms with E-state index in [4.69, 9.17) is 5.11 Å². The zero-order valence-electron chi connectivity index (χ0n) is 12.0. The Morgan fingerprint density at radius 2 is 2.10 bits per heavy atom. The average Bonchev–Trinajstić information content (AvgIpc) is 2.57. The fraction of sp³-hybridized carbons (Fsp3) is 0.500. The largest absolute Gasteiger partial charge is 0.478 e. The molecule has 20 heavy (non-hydrogen) atoms. The van der Waals surface area contributed by atoms with E-state index in [1.165, 1.54) is 12.3 Å². The minimum absolute atomic E-state index is 0.0236. The van der Waals surface area contributed by atoms with Gasteiger partial charge in [-0.2, -0.15) is 5.10 Å². The molecule has 8 heteroatoms. The van der Waals surface area contributed by atoms with Gasteiger partial charge in [0.15, 0.2) is 0 Å². The van der Waals surface area contributed by atoms with Gasteiger partial charge in [0, 0.05) is 38.5 Å². The summed E-state index contributed by atoms with van der Waals surface area (Å²) >= 11 is 0. The summed E-state index contributed by atoms with van der Waals surface area (Å²) in [5.74, 6) is -0.336. The molecular weight excluding hydrogens is 282 g/mol. The predicted octanol–water partition coefficient (Wildman–Crippen LogP) is 0.307. The van der Waals surface area contributed by atoms with Crippen molar-refractivity contribution in [1.82, 2.24) is 9.78 Å². The Morgan fingerprint density at radius 3 is 2.60 bits per heavy atom. The van der Waals surface area contributed by atoms with Gasteiger partial charge in [0.25, 0.3) is 0 Å². The van der Waals surface area contributed by atoms with Gasteiger partial charge < -0.3 is 10.0 Å². The third kappa shape index (κ3) is 4.37. The van der Waals surface area contributed by atoms with Crippen LogP contribution in [0.3, 0.4) is 0 Å². The normalized spacial score (nSPS) is 12.0. The van der Waals surface area contributed by atoms with Crippen molar-refractivity contribution in [3.05, 3.63) is 17.3 Å². The Kier molecular flexibility index (Phi) is 4.93. The van der Waals surface area contributed by atoms with E-state index in [0.717, 1.165) is 6.08 Å². The van der Waals surface area contributed by atoms with Gasteiger partial charge in [-0.15, -0.1) is 0 Å². The molecule has 0 fully saturated rings. The SMILES string of the molecule is Cc1nn(C)c(N(C)CCS(C)(=O)=O)c1C=CC(=O)O. The molecule has 0 aliphatic heterocycles. The Morgan fingerprint density at radius 1 is 1.50 bits per heavy atom. The van der Waals surface area contributed by atoms with Gasteiger partial charge in [0.2, 0.25) is 0 Å². The van der Waals surface area contributed by atoms with Crippen molar-refractivity contribution in [3.63, 3.8) is 0 Å². The molecule has 0 saturated carbocycles. The van der Waals surface area contributed by atoms with Gasteiger partial charge in [-0.3, -0.25) is 4.68 Å². The molecule has 0 radical (unpaired) electrons. The molecule has 1 aromatic heterocycles. The van der Waals surface area contributed by atoms with Crippen molar-refractivity contribution < 1.29 is 18.3 Å². The van der Waals surface area contributed by atoms with Crippen LogP contribution in [0.15, 0.2) is 6.08 Å². The molecule has 1 rings (SSSR count). The van der Waals surface area contributed by atoms with E-state index in [2.05, 4.69) is 5.10 Å². The molecule has 0 bridgehead atoms. The van der Waals surface area contributed by atoms with Gasteiger partial charge in [0.1, 0.15) is 15.7 Å². The Hall–Kier alpha value is -1.83. The van der Waals surface area contributed by atoms with Crippen molar-refractivity contribution in [2.75, 3.05) is 30.5 Å². The summed E-state index contributed by atoms with van der Waals surface area (Å²) in [6.45, 7) is 2.08. The van der Waals surface area contributed by atoms with Crippen LogP contribution in [0.4, 0.5) is 5.82 Å². The molecule has 112 valence electrons. The van der Waals surface area contributed by atoms with Crippen LogP contribution in [0.1, 0.15) is 11.3 Å². The van der Waals surface area contributed by atoms with Crippen LogP contribution in [0.5, 0.6) is 0 Å². The van der Waals surface area contributed by atoms with E-state index in [9.17, 15) is 13.2 Å². The summed E-state index contributed by atoms with van der Waals surface area (Å²) in [4.78, 5) is 12.4. The third-order valence-corrected chi connectivity index (χ3v) is 3.71. The quantitative estimate of drug-likeness (QED) is 0.760. The number of aliphatic carboxylic acids is 1. The highest BCUT2D eigenvalue weighted by molar-refractivity contribution is 7.90. The maximum Gasteiger partial charge on any atom is 0.328 e. The van der Waals surface area contributed by atoms with E-state index in [0.29, 0.717) is 23.6 Å². The first-order valence-electron chi connectivity index (χ1n) is 5.95. The van der Waals surface area contributed by atoms with Crippen LogP contribution in [-0.4, -0.2) is 54.9 Å². The minimum atomic E-state index is -3.06. The van der Waals surface area contributed by atoms with Crippen LogP contribution < -0.4 is 4.90 Å². The third-order valence-electron chi connectivity index (χ3n) is 2.79. The lowest BCUT2D eigenvalue weighted by Crippen LogP contribution is -2.27. The first kappa shape index (κ1) is 16.2. The van der Waals surface area contributed by atoms with Crippen LogP contribution in [0.25, 0.3) is 6.08 Å². The highest BCUT2D eigenvalue weighted by Crippen LogP contribution is 2.23. The van der Waals surface area contributed by atoms with Crippen molar-refractivity contribution in [3.8, 4) is 0 Å². The van der Waals surface area contributed by atoms with Crippen LogP contribution in [0.2, 0.25) is 0 Å². The zero-order chi connectivity index (χ0) is 15.5. The summed E-state index contributed by atoms with van der Waals surface area (Å²) in [5, 5.41) is 12.9. The fourth-order valence-corrected chi connectivity index (χ4v) is 2.48. The lowest BCUT2D eigenvalue weighted by molar-refractivity contribution is -0.131. The number of hydrogen-bond donors (Lipinski definition) is 1. The van der Waals surface area contributed by atoms with Crippen LogP contribution in [-0.2, 0) is 21.7 Å². The molecule has 0 aromatic carbocycles. The molecule has 1 aromatic rings. The molecule has 0 aliphatic carbocycles. The van der Waals surface area contributed by atoms with Crippen molar-refractivity contribution >= 4 is 27.7 Å². The van der Waals surface area contributed by atoms with E-state index in [-0.39, 0.29) is 5.75 Å². The molecule has 7 nitrogen and oxygen atoms in total. The second-order valence-corrected chi connectivity index (χ2v) is 6.93. The maximum absolute atomic E-state index is 11.2.